The van der Waals surface area contributed by atoms with E-state index >= 15 is 0 Å². The van der Waals surface area contributed by atoms with Gasteiger partial charge in [-0.2, -0.15) is 0 Å². The molecule has 3 rings (SSSR count). The minimum Gasteiger partial charge on any atom is -0.497 e. The first-order valence-corrected chi connectivity index (χ1v) is 7.21. The topological polar surface area (TPSA) is 27.7 Å². The first-order chi connectivity index (χ1) is 10.2. The average Bonchev–Trinajstić information content (AvgIpc) is 3.01. The lowest BCUT2D eigenvalue weighted by Crippen LogP contribution is -1.97. The highest BCUT2D eigenvalue weighted by atomic mass is 35.5. The third-order valence-electron chi connectivity index (χ3n) is 3.70. The van der Waals surface area contributed by atoms with Crippen molar-refractivity contribution < 1.29 is 14.2 Å². The van der Waals surface area contributed by atoms with Gasteiger partial charge in [-0.25, -0.2) is 0 Å². The molecule has 0 saturated heterocycles. The molecule has 0 bridgehead atoms. The maximum atomic E-state index is 6.64. The van der Waals surface area contributed by atoms with Gasteiger partial charge in [0, 0.05) is 6.07 Å². The van der Waals surface area contributed by atoms with Crippen LogP contribution in [-0.2, 0) is 18.0 Å². The standard InChI is InChI=1S/C17H17ClO3/c1-19-15-6-13(7-16(8-15)20-2)17(18)11-3-4-12-9-21-10-14(12)5-11/h3-8,17H,9-10H2,1-2H3. The molecule has 0 fully saturated rings. The van der Waals surface area contributed by atoms with E-state index in [1.165, 1.54) is 11.1 Å². The lowest BCUT2D eigenvalue weighted by atomic mass is 9.99. The van der Waals surface area contributed by atoms with Crippen LogP contribution in [0.4, 0.5) is 0 Å². The van der Waals surface area contributed by atoms with Crippen molar-refractivity contribution >= 4 is 11.6 Å². The second-order valence-corrected chi connectivity index (χ2v) is 5.47. The molecule has 0 aromatic heterocycles. The van der Waals surface area contributed by atoms with E-state index < -0.39 is 0 Å². The van der Waals surface area contributed by atoms with Gasteiger partial charge in [-0.05, 0) is 34.4 Å². The van der Waals surface area contributed by atoms with Crippen molar-refractivity contribution in [2.45, 2.75) is 18.6 Å². The summed E-state index contributed by atoms with van der Waals surface area (Å²) in [5, 5.41) is -0.250. The summed E-state index contributed by atoms with van der Waals surface area (Å²) >= 11 is 6.64. The van der Waals surface area contributed by atoms with Gasteiger partial charge in [0.1, 0.15) is 11.5 Å². The molecule has 0 radical (unpaired) electrons. The van der Waals surface area contributed by atoms with Crippen molar-refractivity contribution in [2.24, 2.45) is 0 Å². The van der Waals surface area contributed by atoms with Crippen molar-refractivity contribution in [3.63, 3.8) is 0 Å². The van der Waals surface area contributed by atoms with Gasteiger partial charge in [-0.15, -0.1) is 11.6 Å². The molecule has 2 aromatic carbocycles. The van der Waals surface area contributed by atoms with Crippen molar-refractivity contribution in [3.8, 4) is 11.5 Å². The fourth-order valence-corrected chi connectivity index (χ4v) is 2.78. The van der Waals surface area contributed by atoms with E-state index in [0.717, 1.165) is 22.6 Å². The van der Waals surface area contributed by atoms with E-state index in [4.69, 9.17) is 25.8 Å². The Kier molecular flexibility index (Phi) is 4.04. The number of ether oxygens (including phenoxy) is 3. The van der Waals surface area contributed by atoms with Crippen LogP contribution in [0.15, 0.2) is 36.4 Å². The molecule has 0 amide bonds. The molecule has 2 aromatic rings. The van der Waals surface area contributed by atoms with Crippen LogP contribution >= 0.6 is 11.6 Å². The molecule has 1 heterocycles. The number of hydrogen-bond donors (Lipinski definition) is 0. The summed E-state index contributed by atoms with van der Waals surface area (Å²) in [5.74, 6) is 1.47. The fourth-order valence-electron chi connectivity index (χ4n) is 2.52. The van der Waals surface area contributed by atoms with Crippen molar-refractivity contribution in [1.82, 2.24) is 0 Å². The maximum absolute atomic E-state index is 6.64. The normalized spacial score (nSPS) is 14.6. The predicted octanol–water partition coefficient (Wildman–Crippen LogP) is 4.06. The molecule has 1 aliphatic heterocycles. The summed E-state index contributed by atoms with van der Waals surface area (Å²) in [6.07, 6.45) is 0. The van der Waals surface area contributed by atoms with Crippen LogP contribution in [0.5, 0.6) is 11.5 Å². The van der Waals surface area contributed by atoms with Crippen LogP contribution in [-0.4, -0.2) is 14.2 Å². The van der Waals surface area contributed by atoms with Crippen molar-refractivity contribution in [3.05, 3.63) is 58.7 Å². The monoisotopic (exact) mass is 304 g/mol. The predicted molar refractivity (Wildman–Crippen MR) is 82.2 cm³/mol. The molecule has 1 unspecified atom stereocenters. The molecule has 1 atom stereocenters. The van der Waals surface area contributed by atoms with Gasteiger partial charge in [0.05, 0.1) is 32.8 Å². The molecule has 4 heteroatoms. The SMILES string of the molecule is COc1cc(OC)cc(C(Cl)c2ccc3c(c2)COC3)c1. The van der Waals surface area contributed by atoms with Gasteiger partial charge in [0.2, 0.25) is 0 Å². The summed E-state index contributed by atoms with van der Waals surface area (Å²) in [7, 11) is 3.27. The Bertz CT molecular complexity index is 632. The number of halogens is 1. The summed E-state index contributed by atoms with van der Waals surface area (Å²) in [4.78, 5) is 0. The highest BCUT2D eigenvalue weighted by Crippen LogP contribution is 2.35. The molecular weight excluding hydrogens is 288 g/mol. The third-order valence-corrected chi connectivity index (χ3v) is 4.21. The molecule has 0 spiro atoms. The molecule has 0 saturated carbocycles. The van der Waals surface area contributed by atoms with E-state index in [1.807, 2.05) is 18.2 Å². The average molecular weight is 305 g/mol. The van der Waals surface area contributed by atoms with Gasteiger partial charge < -0.3 is 14.2 Å². The second kappa shape index (κ2) is 5.96. The summed E-state index contributed by atoms with van der Waals surface area (Å²) in [6.45, 7) is 1.35. The van der Waals surface area contributed by atoms with E-state index in [2.05, 4.69) is 18.2 Å². The summed E-state index contributed by atoms with van der Waals surface area (Å²) in [5.41, 5.74) is 4.46. The van der Waals surface area contributed by atoms with Gasteiger partial charge in [0.25, 0.3) is 0 Å². The first-order valence-electron chi connectivity index (χ1n) is 6.77. The molecule has 1 aliphatic rings. The van der Waals surface area contributed by atoms with Gasteiger partial charge >= 0.3 is 0 Å². The fraction of sp³-hybridized carbons (Fsp3) is 0.294. The lowest BCUT2D eigenvalue weighted by molar-refractivity contribution is 0.134. The zero-order valence-corrected chi connectivity index (χ0v) is 12.8. The molecule has 0 N–H and O–H groups in total. The molecule has 110 valence electrons. The number of fused-ring (bicyclic) bond motifs is 1. The Morgan fingerprint density at radius 3 is 2.24 bits per heavy atom. The van der Waals surface area contributed by atoms with E-state index in [1.54, 1.807) is 14.2 Å². The number of benzene rings is 2. The Morgan fingerprint density at radius 1 is 0.905 bits per heavy atom. The van der Waals surface area contributed by atoms with Crippen LogP contribution in [0.1, 0.15) is 27.6 Å². The summed E-state index contributed by atoms with van der Waals surface area (Å²) < 4.78 is 16.0. The molecule has 21 heavy (non-hydrogen) atoms. The Balaban J connectivity index is 1.96. The van der Waals surface area contributed by atoms with Crippen LogP contribution in [0.3, 0.4) is 0 Å². The van der Waals surface area contributed by atoms with E-state index in [0.29, 0.717) is 13.2 Å². The van der Waals surface area contributed by atoms with Crippen molar-refractivity contribution in [1.29, 1.82) is 0 Å². The number of rotatable bonds is 4. The number of hydrogen-bond acceptors (Lipinski definition) is 3. The molecule has 0 aliphatic carbocycles. The smallest absolute Gasteiger partial charge is 0.122 e. The number of alkyl halides is 1. The van der Waals surface area contributed by atoms with E-state index in [9.17, 15) is 0 Å². The minimum atomic E-state index is -0.250. The van der Waals surface area contributed by atoms with Gasteiger partial charge in [0.15, 0.2) is 0 Å². The molecular formula is C17H17ClO3. The lowest BCUT2D eigenvalue weighted by Gasteiger charge is -2.14. The van der Waals surface area contributed by atoms with Crippen LogP contribution < -0.4 is 9.47 Å². The molecule has 3 nitrogen and oxygen atoms in total. The van der Waals surface area contributed by atoms with Crippen LogP contribution in [0.25, 0.3) is 0 Å². The zero-order chi connectivity index (χ0) is 14.8. The van der Waals surface area contributed by atoms with E-state index in [-0.39, 0.29) is 5.38 Å². The van der Waals surface area contributed by atoms with Crippen LogP contribution in [0.2, 0.25) is 0 Å². The summed E-state index contributed by atoms with van der Waals surface area (Å²) in [6, 6.07) is 12.0. The minimum absolute atomic E-state index is 0.250. The van der Waals surface area contributed by atoms with Crippen LogP contribution in [0, 0.1) is 0 Å². The number of methoxy groups -OCH3 is 2. The van der Waals surface area contributed by atoms with Gasteiger partial charge in [-0.1, -0.05) is 18.2 Å². The Morgan fingerprint density at radius 2 is 1.57 bits per heavy atom. The van der Waals surface area contributed by atoms with Gasteiger partial charge in [-0.3, -0.25) is 0 Å². The quantitative estimate of drug-likeness (QED) is 0.797. The zero-order valence-electron chi connectivity index (χ0n) is 12.1. The highest BCUT2D eigenvalue weighted by molar-refractivity contribution is 6.22. The van der Waals surface area contributed by atoms with Crippen molar-refractivity contribution in [2.75, 3.05) is 14.2 Å². The Labute approximate surface area is 129 Å². The second-order valence-electron chi connectivity index (χ2n) is 5.03. The first kappa shape index (κ1) is 14.2. The Hall–Kier alpha value is -1.71. The third kappa shape index (κ3) is 2.85. The highest BCUT2D eigenvalue weighted by Gasteiger charge is 2.17. The largest absolute Gasteiger partial charge is 0.497 e. The maximum Gasteiger partial charge on any atom is 0.122 e.